The van der Waals surface area contributed by atoms with Gasteiger partial charge in [-0.05, 0) is 29.8 Å². The van der Waals surface area contributed by atoms with E-state index in [1.165, 1.54) is 18.2 Å². The highest BCUT2D eigenvalue weighted by molar-refractivity contribution is 7.80. The fourth-order valence-corrected chi connectivity index (χ4v) is 1.58. The van der Waals surface area contributed by atoms with Crippen LogP contribution in [0.4, 0.5) is 5.69 Å². The van der Waals surface area contributed by atoms with E-state index >= 15 is 0 Å². The summed E-state index contributed by atoms with van der Waals surface area (Å²) in [6.45, 7) is 0. The van der Waals surface area contributed by atoms with Crippen molar-refractivity contribution in [2.45, 2.75) is 0 Å². The summed E-state index contributed by atoms with van der Waals surface area (Å²) in [6, 6.07) is 4.16. The summed E-state index contributed by atoms with van der Waals surface area (Å²) in [6.07, 6.45) is 0. The van der Waals surface area contributed by atoms with E-state index in [2.05, 4.69) is 4.72 Å². The zero-order valence-electron chi connectivity index (χ0n) is 6.66. The van der Waals surface area contributed by atoms with Gasteiger partial charge in [0.1, 0.15) is 0 Å². The van der Waals surface area contributed by atoms with Crippen LogP contribution in [0.3, 0.4) is 0 Å². The van der Waals surface area contributed by atoms with Crippen LogP contribution in [0.25, 0.3) is 0 Å². The predicted molar refractivity (Wildman–Crippen MR) is 56.0 cm³/mol. The lowest BCUT2D eigenvalue weighted by Crippen LogP contribution is -2.03. The highest BCUT2D eigenvalue weighted by Crippen LogP contribution is 2.22. The molecule has 0 heterocycles. The van der Waals surface area contributed by atoms with Gasteiger partial charge in [0, 0.05) is 5.69 Å². The Labute approximate surface area is 92.6 Å². The lowest BCUT2D eigenvalue weighted by atomic mass is 10.2. The molecule has 1 atom stereocenters. The van der Waals surface area contributed by atoms with Crippen LogP contribution in [-0.4, -0.2) is 14.0 Å². The number of rotatable bonds is 3. The molecule has 1 aromatic rings. The van der Waals surface area contributed by atoms with E-state index in [0.717, 1.165) is 0 Å². The lowest BCUT2D eigenvalue weighted by Gasteiger charge is -2.03. The molecule has 0 amide bonds. The quantitative estimate of drug-likeness (QED) is 0.642. The van der Waals surface area contributed by atoms with Gasteiger partial charge < -0.3 is 0 Å². The first-order valence-electron chi connectivity index (χ1n) is 3.37. The third-order valence-corrected chi connectivity index (χ3v) is 2.33. The summed E-state index contributed by atoms with van der Waals surface area (Å²) >= 11 is 8.69. The maximum Gasteiger partial charge on any atom is 0.259 e. The SMILES string of the molecule is O=C(Cl)c1cc(NS(=O)O)ccc1Cl. The van der Waals surface area contributed by atoms with E-state index in [9.17, 15) is 9.00 Å². The number of hydrogen-bond acceptors (Lipinski definition) is 2. The monoisotopic (exact) mass is 253 g/mol. The van der Waals surface area contributed by atoms with Crippen molar-refractivity contribution in [3.05, 3.63) is 28.8 Å². The molecule has 0 aliphatic carbocycles. The molecule has 0 saturated heterocycles. The van der Waals surface area contributed by atoms with Crippen molar-refractivity contribution in [2.24, 2.45) is 0 Å². The molecule has 0 aliphatic rings. The van der Waals surface area contributed by atoms with Gasteiger partial charge in [-0.1, -0.05) is 11.6 Å². The fraction of sp³-hybridized carbons (Fsp3) is 0. The summed E-state index contributed by atoms with van der Waals surface area (Å²) in [7, 11) is 0. The minimum absolute atomic E-state index is 0.0868. The number of anilines is 1. The van der Waals surface area contributed by atoms with Crippen LogP contribution in [0.5, 0.6) is 0 Å². The Morgan fingerprint density at radius 3 is 2.64 bits per heavy atom. The van der Waals surface area contributed by atoms with E-state index in [1.807, 2.05) is 0 Å². The van der Waals surface area contributed by atoms with Gasteiger partial charge in [0.25, 0.3) is 16.5 Å². The van der Waals surface area contributed by atoms with Gasteiger partial charge in [-0.15, -0.1) is 0 Å². The average molecular weight is 254 g/mol. The molecule has 0 radical (unpaired) electrons. The molecule has 0 aromatic heterocycles. The Kier molecular flexibility index (Phi) is 3.88. The summed E-state index contributed by atoms with van der Waals surface area (Å²) < 4.78 is 21.1. The van der Waals surface area contributed by atoms with Crippen LogP contribution in [0, 0.1) is 0 Å². The Bertz CT molecular complexity index is 397. The second-order valence-electron chi connectivity index (χ2n) is 2.32. The molecule has 76 valence electrons. The van der Waals surface area contributed by atoms with Gasteiger partial charge in [0.05, 0.1) is 10.6 Å². The van der Waals surface area contributed by atoms with Gasteiger partial charge in [-0.25, -0.2) is 4.21 Å². The predicted octanol–water partition coefficient (Wildman–Crippen LogP) is 2.27. The second-order valence-corrected chi connectivity index (χ2v) is 3.77. The molecule has 1 rings (SSSR count). The molecule has 0 saturated carbocycles. The van der Waals surface area contributed by atoms with Crippen LogP contribution in [0.1, 0.15) is 10.4 Å². The third-order valence-electron chi connectivity index (χ3n) is 1.38. The summed E-state index contributed by atoms with van der Waals surface area (Å²) in [4.78, 5) is 10.8. The maximum atomic E-state index is 10.8. The standard InChI is InChI=1S/C7H5Cl2NO3S/c8-6-2-1-4(10-14(12)13)3-5(6)7(9)11/h1-3,10H,(H,12,13). The maximum absolute atomic E-state index is 10.8. The van der Waals surface area contributed by atoms with E-state index in [1.54, 1.807) is 0 Å². The average Bonchev–Trinajstić information content (AvgIpc) is 2.07. The Balaban J connectivity index is 3.06. The molecule has 2 N–H and O–H groups in total. The molecule has 0 aliphatic heterocycles. The lowest BCUT2D eigenvalue weighted by molar-refractivity contribution is 0.108. The molecular weight excluding hydrogens is 249 g/mol. The molecule has 4 nitrogen and oxygen atoms in total. The number of halogens is 2. The van der Waals surface area contributed by atoms with E-state index in [-0.39, 0.29) is 10.6 Å². The van der Waals surface area contributed by atoms with Gasteiger partial charge in [-0.3, -0.25) is 14.1 Å². The van der Waals surface area contributed by atoms with E-state index in [4.69, 9.17) is 27.8 Å². The van der Waals surface area contributed by atoms with Crippen LogP contribution >= 0.6 is 23.2 Å². The Morgan fingerprint density at radius 1 is 1.50 bits per heavy atom. The van der Waals surface area contributed by atoms with E-state index < -0.39 is 16.5 Å². The third kappa shape index (κ3) is 2.95. The smallest absolute Gasteiger partial charge is 0.259 e. The molecular formula is C7H5Cl2NO3S. The van der Waals surface area contributed by atoms with Crippen molar-refractivity contribution in [3.63, 3.8) is 0 Å². The van der Waals surface area contributed by atoms with Crippen molar-refractivity contribution >= 4 is 45.4 Å². The zero-order valence-corrected chi connectivity index (χ0v) is 8.99. The number of carbonyl (C=O) groups excluding carboxylic acids is 1. The van der Waals surface area contributed by atoms with Gasteiger partial charge >= 0.3 is 0 Å². The molecule has 1 unspecified atom stereocenters. The number of benzene rings is 1. The van der Waals surface area contributed by atoms with Crippen molar-refractivity contribution < 1.29 is 13.6 Å². The molecule has 7 heteroatoms. The number of hydrogen-bond donors (Lipinski definition) is 2. The van der Waals surface area contributed by atoms with Gasteiger partial charge in [0.2, 0.25) is 0 Å². The number of nitrogens with one attached hydrogen (secondary N) is 1. The first-order chi connectivity index (χ1) is 6.50. The highest BCUT2D eigenvalue weighted by atomic mass is 35.5. The first kappa shape index (κ1) is 11.5. The molecule has 0 bridgehead atoms. The first-order valence-corrected chi connectivity index (χ1v) is 5.24. The second kappa shape index (κ2) is 4.75. The normalized spacial score (nSPS) is 12.2. The molecule has 1 aromatic carbocycles. The van der Waals surface area contributed by atoms with Crippen molar-refractivity contribution in [1.29, 1.82) is 0 Å². The van der Waals surface area contributed by atoms with E-state index in [0.29, 0.717) is 5.69 Å². The molecule has 14 heavy (non-hydrogen) atoms. The fourth-order valence-electron chi connectivity index (χ4n) is 0.840. The van der Waals surface area contributed by atoms with Crippen molar-refractivity contribution in [3.8, 4) is 0 Å². The summed E-state index contributed by atoms with van der Waals surface area (Å²) in [5, 5.41) is -0.526. The summed E-state index contributed by atoms with van der Waals surface area (Å²) in [5.41, 5.74) is 0.378. The van der Waals surface area contributed by atoms with Crippen LogP contribution in [-0.2, 0) is 11.3 Å². The molecule has 0 spiro atoms. The minimum Gasteiger partial charge on any atom is -0.289 e. The van der Waals surface area contributed by atoms with Gasteiger partial charge in [-0.2, -0.15) is 0 Å². The zero-order chi connectivity index (χ0) is 10.7. The summed E-state index contributed by atoms with van der Waals surface area (Å²) in [5.74, 6) is 0. The minimum atomic E-state index is -2.19. The van der Waals surface area contributed by atoms with Crippen LogP contribution in [0.2, 0.25) is 5.02 Å². The van der Waals surface area contributed by atoms with Crippen molar-refractivity contribution in [1.82, 2.24) is 0 Å². The Morgan fingerprint density at radius 2 is 2.14 bits per heavy atom. The topological polar surface area (TPSA) is 66.4 Å². The number of carbonyl (C=O) groups is 1. The highest BCUT2D eigenvalue weighted by Gasteiger charge is 2.08. The van der Waals surface area contributed by atoms with Gasteiger partial charge in [0.15, 0.2) is 0 Å². The largest absolute Gasteiger partial charge is 0.289 e. The van der Waals surface area contributed by atoms with Crippen LogP contribution < -0.4 is 4.72 Å². The Hall–Kier alpha value is -0.620. The van der Waals surface area contributed by atoms with Crippen molar-refractivity contribution in [2.75, 3.05) is 4.72 Å². The molecule has 0 fully saturated rings. The van der Waals surface area contributed by atoms with Crippen LogP contribution in [0.15, 0.2) is 18.2 Å².